The number of fused-ring (bicyclic) bond motifs is 6. The van der Waals surface area contributed by atoms with Gasteiger partial charge < -0.3 is 14.0 Å². The number of hydrogen-bond donors (Lipinski definition) is 0. The molecule has 8 rings (SSSR count). The van der Waals surface area contributed by atoms with Crippen molar-refractivity contribution in [2.24, 2.45) is 0 Å². The van der Waals surface area contributed by atoms with Crippen LogP contribution >= 0.6 is 0 Å². The standard InChI is InChI=1S/C41H38N4.C2H6/c1-41(39-26-13-14-27-43(39)3,28-42(2)29-44-36-23-10-7-18-31(36)32-19-8-11-24-37(32)44)35-22-15-21-34-33-20-9-12-25-38(33)45(40(34)35)30-16-5-4-6-17-30;1-2/h4-26H,27-29H2,1-3H3;1-2H3. The van der Waals surface area contributed by atoms with Gasteiger partial charge in [0.2, 0.25) is 0 Å². The fraction of sp³-hybridized carbons (Fsp3) is 0.209. The average Bonchev–Trinajstić information content (AvgIpc) is 3.62. The molecule has 1 aliphatic rings. The highest BCUT2D eigenvalue weighted by Crippen LogP contribution is 2.43. The summed E-state index contributed by atoms with van der Waals surface area (Å²) in [7, 11) is 4.50. The first-order valence-electron chi connectivity index (χ1n) is 16.9. The Morgan fingerprint density at radius 3 is 1.85 bits per heavy atom. The first-order chi connectivity index (χ1) is 23.0. The number of para-hydroxylation sites is 5. The van der Waals surface area contributed by atoms with Crippen LogP contribution in [0.4, 0.5) is 0 Å². The summed E-state index contributed by atoms with van der Waals surface area (Å²) in [6.45, 7) is 8.97. The molecule has 0 amide bonds. The van der Waals surface area contributed by atoms with E-state index in [0.29, 0.717) is 0 Å². The Kier molecular flexibility index (Phi) is 8.21. The van der Waals surface area contributed by atoms with Gasteiger partial charge in [-0.05, 0) is 55.9 Å². The molecular formula is C43H44N4. The Bertz CT molecular complexity index is 2200. The lowest BCUT2D eigenvalue weighted by Gasteiger charge is -2.42. The molecule has 236 valence electrons. The highest BCUT2D eigenvalue weighted by Gasteiger charge is 2.38. The van der Waals surface area contributed by atoms with Gasteiger partial charge in [0.1, 0.15) is 0 Å². The molecule has 1 unspecified atom stereocenters. The van der Waals surface area contributed by atoms with Gasteiger partial charge in [-0.1, -0.05) is 117 Å². The van der Waals surface area contributed by atoms with Crippen LogP contribution in [0.2, 0.25) is 0 Å². The van der Waals surface area contributed by atoms with Crippen LogP contribution in [0.5, 0.6) is 0 Å². The van der Waals surface area contributed by atoms with Crippen molar-refractivity contribution in [1.29, 1.82) is 0 Å². The van der Waals surface area contributed by atoms with Crippen molar-refractivity contribution in [2.45, 2.75) is 32.9 Å². The molecule has 47 heavy (non-hydrogen) atoms. The fourth-order valence-electron chi connectivity index (χ4n) is 7.81. The molecule has 0 fully saturated rings. The van der Waals surface area contributed by atoms with Crippen molar-refractivity contribution < 1.29 is 0 Å². The van der Waals surface area contributed by atoms with Gasteiger partial charge >= 0.3 is 0 Å². The van der Waals surface area contributed by atoms with E-state index in [1.54, 1.807) is 0 Å². The molecule has 0 spiro atoms. The minimum atomic E-state index is -0.312. The van der Waals surface area contributed by atoms with Crippen molar-refractivity contribution in [3.8, 4) is 5.69 Å². The van der Waals surface area contributed by atoms with E-state index in [1.807, 2.05) is 13.8 Å². The first-order valence-corrected chi connectivity index (χ1v) is 16.9. The summed E-state index contributed by atoms with van der Waals surface area (Å²) in [5.41, 5.74) is 8.60. The Morgan fingerprint density at radius 1 is 0.660 bits per heavy atom. The van der Waals surface area contributed by atoms with Gasteiger partial charge in [-0.3, -0.25) is 4.90 Å². The largest absolute Gasteiger partial charge is 0.373 e. The molecule has 0 aliphatic carbocycles. The van der Waals surface area contributed by atoms with Crippen molar-refractivity contribution in [3.05, 3.63) is 151 Å². The number of hydrogen-bond acceptors (Lipinski definition) is 2. The molecule has 2 aromatic heterocycles. The zero-order valence-electron chi connectivity index (χ0n) is 28.2. The van der Waals surface area contributed by atoms with Gasteiger partial charge in [-0.15, -0.1) is 0 Å². The van der Waals surface area contributed by atoms with Crippen LogP contribution in [0.1, 0.15) is 26.3 Å². The Balaban J connectivity index is 0.00000172. The molecule has 1 atom stereocenters. The molecule has 0 bridgehead atoms. The molecule has 0 saturated carbocycles. The zero-order valence-corrected chi connectivity index (χ0v) is 28.2. The highest BCUT2D eigenvalue weighted by atomic mass is 15.2. The van der Waals surface area contributed by atoms with Crippen LogP contribution < -0.4 is 0 Å². The molecule has 3 heterocycles. The van der Waals surface area contributed by atoms with E-state index in [9.17, 15) is 0 Å². The summed E-state index contributed by atoms with van der Waals surface area (Å²) >= 11 is 0. The molecule has 0 saturated heterocycles. The Labute approximate surface area is 278 Å². The van der Waals surface area contributed by atoms with Crippen LogP contribution in [-0.2, 0) is 12.1 Å². The number of allylic oxidation sites excluding steroid dienone is 2. The molecule has 1 aliphatic heterocycles. The summed E-state index contributed by atoms with van der Waals surface area (Å²) in [4.78, 5) is 4.92. The monoisotopic (exact) mass is 616 g/mol. The average molecular weight is 617 g/mol. The molecule has 4 heteroatoms. The maximum Gasteiger partial charge on any atom is 0.0755 e. The van der Waals surface area contributed by atoms with Gasteiger partial charge in [0.05, 0.1) is 28.7 Å². The lowest BCUT2D eigenvalue weighted by molar-refractivity contribution is 0.213. The second kappa shape index (κ2) is 12.6. The number of likely N-dealkylation sites (N-methyl/N-ethyl adjacent to an activating group) is 2. The van der Waals surface area contributed by atoms with Crippen molar-refractivity contribution in [2.75, 3.05) is 27.2 Å². The van der Waals surface area contributed by atoms with E-state index < -0.39 is 0 Å². The third kappa shape index (κ3) is 5.14. The number of nitrogens with zero attached hydrogens (tertiary/aromatic N) is 4. The quantitative estimate of drug-likeness (QED) is 0.177. The molecule has 4 nitrogen and oxygen atoms in total. The lowest BCUT2D eigenvalue weighted by atomic mass is 9.76. The van der Waals surface area contributed by atoms with E-state index in [4.69, 9.17) is 0 Å². The summed E-state index contributed by atoms with van der Waals surface area (Å²) in [5.74, 6) is 0. The van der Waals surface area contributed by atoms with E-state index in [1.165, 1.54) is 60.6 Å². The zero-order chi connectivity index (χ0) is 32.5. The Hall–Kier alpha value is -5.06. The van der Waals surface area contributed by atoms with Crippen LogP contribution in [0, 0.1) is 0 Å². The molecule has 7 aromatic rings. The van der Waals surface area contributed by atoms with Crippen LogP contribution in [0.15, 0.2) is 145 Å². The number of benzene rings is 5. The fourth-order valence-corrected chi connectivity index (χ4v) is 7.81. The summed E-state index contributed by atoms with van der Waals surface area (Å²) in [6, 6.07) is 44.2. The van der Waals surface area contributed by atoms with E-state index >= 15 is 0 Å². The SMILES string of the molecule is CC.CN(Cn1c2ccccc2c2ccccc21)CC(C)(C1=CC=CCN1C)c1cccc2c3ccccc3n(-c3ccccc3)c12. The van der Waals surface area contributed by atoms with Gasteiger partial charge in [0.25, 0.3) is 0 Å². The van der Waals surface area contributed by atoms with Gasteiger partial charge in [0, 0.05) is 58.5 Å². The number of rotatable bonds is 7. The maximum absolute atomic E-state index is 2.50. The summed E-state index contributed by atoms with van der Waals surface area (Å²) in [5, 5.41) is 5.19. The Morgan fingerprint density at radius 2 is 1.21 bits per heavy atom. The molecule has 0 N–H and O–H groups in total. The maximum atomic E-state index is 2.50. The minimum Gasteiger partial charge on any atom is -0.373 e. The normalized spacial score (nSPS) is 14.5. The smallest absolute Gasteiger partial charge is 0.0755 e. The van der Waals surface area contributed by atoms with Crippen molar-refractivity contribution >= 4 is 43.6 Å². The van der Waals surface area contributed by atoms with Crippen LogP contribution in [0.3, 0.4) is 0 Å². The second-order valence-electron chi connectivity index (χ2n) is 12.7. The lowest BCUT2D eigenvalue weighted by Crippen LogP contribution is -2.44. The minimum absolute atomic E-state index is 0.312. The van der Waals surface area contributed by atoms with Crippen LogP contribution in [-0.4, -0.2) is 46.1 Å². The van der Waals surface area contributed by atoms with E-state index in [-0.39, 0.29) is 5.41 Å². The third-order valence-electron chi connectivity index (χ3n) is 9.70. The van der Waals surface area contributed by atoms with Gasteiger partial charge in [-0.2, -0.15) is 0 Å². The predicted octanol–water partition coefficient (Wildman–Crippen LogP) is 10.2. The summed E-state index contributed by atoms with van der Waals surface area (Å²) < 4.78 is 4.95. The van der Waals surface area contributed by atoms with Crippen LogP contribution in [0.25, 0.3) is 49.3 Å². The first kappa shape index (κ1) is 30.6. The van der Waals surface area contributed by atoms with Gasteiger partial charge in [-0.25, -0.2) is 0 Å². The molecule has 0 radical (unpaired) electrons. The van der Waals surface area contributed by atoms with Crippen molar-refractivity contribution in [3.63, 3.8) is 0 Å². The third-order valence-corrected chi connectivity index (χ3v) is 9.70. The number of aromatic nitrogens is 2. The van der Waals surface area contributed by atoms with E-state index in [2.05, 4.69) is 180 Å². The molecule has 5 aromatic carbocycles. The second-order valence-corrected chi connectivity index (χ2v) is 12.7. The van der Waals surface area contributed by atoms with E-state index in [0.717, 1.165) is 19.8 Å². The topological polar surface area (TPSA) is 16.3 Å². The van der Waals surface area contributed by atoms with Gasteiger partial charge in [0.15, 0.2) is 0 Å². The van der Waals surface area contributed by atoms with Crippen molar-refractivity contribution in [1.82, 2.24) is 18.9 Å². The molecular weight excluding hydrogens is 573 g/mol. The highest BCUT2D eigenvalue weighted by molar-refractivity contribution is 6.11. The summed E-state index contributed by atoms with van der Waals surface area (Å²) in [6.07, 6.45) is 6.80. The predicted molar refractivity (Wildman–Crippen MR) is 201 cm³/mol.